The predicted octanol–water partition coefficient (Wildman–Crippen LogP) is 3.06. The summed E-state index contributed by atoms with van der Waals surface area (Å²) in [4.78, 5) is 39.2. The summed E-state index contributed by atoms with van der Waals surface area (Å²) in [5.41, 5.74) is 0.853. The zero-order valence-electron chi connectivity index (χ0n) is 15.2. The lowest BCUT2D eigenvalue weighted by molar-refractivity contribution is -0.166. The summed E-state index contributed by atoms with van der Waals surface area (Å²) in [6.45, 7) is 1.37. The second-order valence-corrected chi connectivity index (χ2v) is 12.5. The number of alkyl halides is 4. The highest BCUT2D eigenvalue weighted by Gasteiger charge is 2.61. The quantitative estimate of drug-likeness (QED) is 0.350. The molecule has 3 unspecified atom stereocenters. The van der Waals surface area contributed by atoms with E-state index in [1.54, 1.807) is 6.92 Å². The molecule has 3 rings (SSSR count). The molecule has 0 saturated carbocycles. The number of ether oxygens (including phenoxy) is 1. The molecule has 0 radical (unpaired) electrons. The second-order valence-electron chi connectivity index (χ2n) is 7.06. The first-order chi connectivity index (χ1) is 13.5. The number of nitrogens with one attached hydrogen (secondary N) is 1. The van der Waals surface area contributed by atoms with E-state index in [4.69, 9.17) is 39.5 Å². The van der Waals surface area contributed by atoms with E-state index in [0.29, 0.717) is 5.75 Å². The van der Waals surface area contributed by atoms with Crippen LogP contribution in [0.15, 0.2) is 30.3 Å². The molecule has 0 aromatic heterocycles. The normalized spacial score (nSPS) is 28.9. The fourth-order valence-corrected chi connectivity index (χ4v) is 5.67. The maximum atomic E-state index is 12.8. The summed E-state index contributed by atoms with van der Waals surface area (Å²) in [5, 5.41) is 2.41. The molecule has 1 N–H and O–H groups in total. The van der Waals surface area contributed by atoms with Crippen molar-refractivity contribution in [3.8, 4) is 0 Å². The first kappa shape index (κ1) is 23.0. The van der Waals surface area contributed by atoms with Gasteiger partial charge < -0.3 is 15.0 Å². The topological polar surface area (TPSA) is 75.7 Å². The summed E-state index contributed by atoms with van der Waals surface area (Å²) in [5.74, 6) is -0.731. The average Bonchev–Trinajstić information content (AvgIpc) is 2.63. The van der Waals surface area contributed by atoms with Crippen LogP contribution in [0.2, 0.25) is 0 Å². The Balaban J connectivity index is 1.66. The van der Waals surface area contributed by atoms with Crippen molar-refractivity contribution in [3.63, 3.8) is 0 Å². The molecular formula is C18H18BrCl3N2O4S. The summed E-state index contributed by atoms with van der Waals surface area (Å²) in [6, 6.07) is 7.67. The monoisotopic (exact) mass is 542 g/mol. The van der Waals surface area contributed by atoms with Gasteiger partial charge in [0, 0.05) is 5.75 Å². The first-order valence-corrected chi connectivity index (χ1v) is 11.7. The van der Waals surface area contributed by atoms with Gasteiger partial charge in [0.2, 0.25) is 15.6 Å². The highest BCUT2D eigenvalue weighted by molar-refractivity contribution is 9.10. The van der Waals surface area contributed by atoms with Crippen molar-refractivity contribution in [2.24, 2.45) is 0 Å². The minimum Gasteiger partial charge on any atom is -0.460 e. The molecule has 4 atom stereocenters. The molecule has 158 valence electrons. The number of fused-ring (bicyclic) bond motifs is 1. The van der Waals surface area contributed by atoms with Crippen LogP contribution in [-0.2, 0) is 25.5 Å². The van der Waals surface area contributed by atoms with Gasteiger partial charge in [0.15, 0.2) is 0 Å². The van der Waals surface area contributed by atoms with Crippen molar-refractivity contribution < 1.29 is 19.1 Å². The van der Waals surface area contributed by atoms with Crippen LogP contribution in [0.1, 0.15) is 12.5 Å². The van der Waals surface area contributed by atoms with Crippen LogP contribution < -0.4 is 5.32 Å². The number of carbonyl (C=O) groups is 3. The van der Waals surface area contributed by atoms with Crippen LogP contribution >= 0.6 is 62.5 Å². The number of benzene rings is 1. The van der Waals surface area contributed by atoms with Crippen LogP contribution in [-0.4, -0.2) is 60.6 Å². The van der Waals surface area contributed by atoms with Crippen molar-refractivity contribution in [1.82, 2.24) is 10.2 Å². The largest absolute Gasteiger partial charge is 0.460 e. The Morgan fingerprint density at radius 1 is 1.34 bits per heavy atom. The van der Waals surface area contributed by atoms with Gasteiger partial charge in [0.25, 0.3) is 0 Å². The smallest absolute Gasteiger partial charge is 0.330 e. The van der Waals surface area contributed by atoms with Crippen molar-refractivity contribution in [3.05, 3.63) is 35.9 Å². The Bertz CT molecular complexity index is 806. The molecule has 0 spiro atoms. The number of halogens is 4. The molecule has 2 saturated heterocycles. The van der Waals surface area contributed by atoms with E-state index in [0.717, 1.165) is 5.56 Å². The fraction of sp³-hybridized carbons (Fsp3) is 0.500. The van der Waals surface area contributed by atoms with Gasteiger partial charge in [-0.25, -0.2) is 4.79 Å². The highest BCUT2D eigenvalue weighted by Crippen LogP contribution is 2.46. The number of rotatable bonds is 5. The SMILES string of the molecule is CC1(Br)CS[C@@H]2C(NC(=O)Cc3ccccc3)C(=O)N2C1C(=O)OCC(Cl)(Cl)Cl. The molecule has 1 aromatic carbocycles. The molecule has 2 fully saturated rings. The van der Waals surface area contributed by atoms with E-state index in [2.05, 4.69) is 21.2 Å². The average molecular weight is 545 g/mol. The van der Waals surface area contributed by atoms with Crippen LogP contribution in [0.25, 0.3) is 0 Å². The van der Waals surface area contributed by atoms with Crippen molar-refractivity contribution in [1.29, 1.82) is 0 Å². The zero-order chi connectivity index (χ0) is 21.4. The third-order valence-electron chi connectivity index (χ3n) is 4.59. The number of amides is 2. The van der Waals surface area contributed by atoms with Gasteiger partial charge in [-0.3, -0.25) is 9.59 Å². The Labute approximate surface area is 196 Å². The summed E-state index contributed by atoms with van der Waals surface area (Å²) < 4.78 is 2.67. The van der Waals surface area contributed by atoms with E-state index in [-0.39, 0.29) is 23.6 Å². The number of carbonyl (C=O) groups excluding carboxylic acids is 3. The van der Waals surface area contributed by atoms with Crippen LogP contribution in [0.4, 0.5) is 0 Å². The molecular weight excluding hydrogens is 527 g/mol. The minimum atomic E-state index is -1.74. The Morgan fingerprint density at radius 3 is 2.62 bits per heavy atom. The van der Waals surface area contributed by atoms with Crippen molar-refractivity contribution >= 4 is 80.3 Å². The lowest BCUT2D eigenvalue weighted by atomic mass is 9.94. The number of hydrogen-bond acceptors (Lipinski definition) is 5. The van der Waals surface area contributed by atoms with Crippen LogP contribution in [0, 0.1) is 0 Å². The number of β-lactam (4-membered cyclic amide) rings is 1. The van der Waals surface area contributed by atoms with Gasteiger partial charge in [-0.05, 0) is 12.5 Å². The minimum absolute atomic E-state index is 0.173. The third-order valence-corrected chi connectivity index (χ3v) is 7.61. The zero-order valence-corrected chi connectivity index (χ0v) is 19.9. The van der Waals surface area contributed by atoms with Gasteiger partial charge in [0.05, 0.1) is 10.7 Å². The van der Waals surface area contributed by atoms with Crippen LogP contribution in [0.3, 0.4) is 0 Å². The van der Waals surface area contributed by atoms with E-state index in [1.807, 2.05) is 30.3 Å². The van der Waals surface area contributed by atoms with Crippen molar-refractivity contribution in [2.75, 3.05) is 12.4 Å². The molecule has 29 heavy (non-hydrogen) atoms. The predicted molar refractivity (Wildman–Crippen MR) is 118 cm³/mol. The number of hydrogen-bond donors (Lipinski definition) is 1. The highest BCUT2D eigenvalue weighted by atomic mass is 79.9. The number of esters is 1. The summed E-state index contributed by atoms with van der Waals surface area (Å²) in [7, 11) is 0. The fourth-order valence-electron chi connectivity index (χ4n) is 3.28. The molecule has 6 nitrogen and oxygen atoms in total. The van der Waals surface area contributed by atoms with E-state index in [1.165, 1.54) is 16.7 Å². The molecule has 11 heteroatoms. The molecule has 2 aliphatic rings. The number of nitrogens with zero attached hydrogens (tertiary/aromatic N) is 1. The molecule has 0 aliphatic carbocycles. The molecule has 2 heterocycles. The van der Waals surface area contributed by atoms with Gasteiger partial charge in [-0.15, -0.1) is 11.8 Å². The first-order valence-electron chi connectivity index (χ1n) is 8.69. The molecule has 2 aliphatic heterocycles. The lowest BCUT2D eigenvalue weighted by Crippen LogP contribution is -2.78. The van der Waals surface area contributed by atoms with E-state index in [9.17, 15) is 14.4 Å². The maximum Gasteiger partial charge on any atom is 0.330 e. The van der Waals surface area contributed by atoms with Crippen molar-refractivity contribution in [2.45, 2.75) is 38.9 Å². The van der Waals surface area contributed by atoms with Gasteiger partial charge in [-0.1, -0.05) is 81.1 Å². The van der Waals surface area contributed by atoms with E-state index < -0.39 is 32.8 Å². The third kappa shape index (κ3) is 5.34. The lowest BCUT2D eigenvalue weighted by Gasteiger charge is -2.56. The second kappa shape index (κ2) is 8.83. The molecule has 0 bridgehead atoms. The van der Waals surface area contributed by atoms with Crippen LogP contribution in [0.5, 0.6) is 0 Å². The van der Waals surface area contributed by atoms with E-state index >= 15 is 0 Å². The summed E-state index contributed by atoms with van der Waals surface area (Å²) in [6.07, 6.45) is 0.173. The van der Waals surface area contributed by atoms with Gasteiger partial charge in [-0.2, -0.15) is 0 Å². The maximum absolute atomic E-state index is 12.8. The van der Waals surface area contributed by atoms with Gasteiger partial charge in [0.1, 0.15) is 24.1 Å². The Kier molecular flexibility index (Phi) is 7.00. The summed E-state index contributed by atoms with van der Waals surface area (Å²) >= 11 is 22.0. The van der Waals surface area contributed by atoms with Gasteiger partial charge >= 0.3 is 5.97 Å². The number of thioether (sulfide) groups is 1. The Morgan fingerprint density at radius 2 is 2.00 bits per heavy atom. The molecule has 2 amide bonds. The molecule has 1 aromatic rings. The Hall–Kier alpha value is -0.670. The standard InChI is InChI=1S/C18H18BrCl3N2O4S/c1-17(19)9-29-15-12(23-11(25)7-10-5-3-2-4-6-10)14(26)24(15)13(17)16(27)28-8-18(20,21)22/h2-6,12-13,15H,7-9H2,1H3,(H,23,25)/t12?,13?,15-,17?/m1/s1.